The molecule has 6 heteroatoms. The number of carbonyl (C=O) groups is 1. The van der Waals surface area contributed by atoms with E-state index in [1.807, 2.05) is 37.4 Å². The Morgan fingerprint density at radius 3 is 2.44 bits per heavy atom. The lowest BCUT2D eigenvalue weighted by Crippen LogP contribution is -2.60. The number of carbonyl (C=O) groups excluding carboxylic acids is 1. The first-order valence-corrected chi connectivity index (χ1v) is 13.1. The third kappa shape index (κ3) is 4.56. The largest absolute Gasteiger partial charge is 0.342 e. The zero-order chi connectivity index (χ0) is 25.8. The highest BCUT2D eigenvalue weighted by Gasteiger charge is 2.33. The lowest BCUT2D eigenvalue weighted by atomic mass is 10.0. The summed E-state index contributed by atoms with van der Waals surface area (Å²) in [5, 5.41) is 1.73. The number of Topliss-reactive ketones (excluding diaryl/α,β-unsaturated/α-hetero) is 1. The van der Waals surface area contributed by atoms with Crippen LogP contribution in [0.3, 0.4) is 0 Å². The summed E-state index contributed by atoms with van der Waals surface area (Å²) in [4.78, 5) is 20.4. The molecule has 1 fully saturated rings. The lowest BCUT2D eigenvalue weighted by Gasteiger charge is -2.46. The topological polar surface area (TPSA) is 38.1 Å². The van der Waals surface area contributed by atoms with Crippen molar-refractivity contribution < 1.29 is 9.28 Å². The van der Waals surface area contributed by atoms with Gasteiger partial charge in [-0.3, -0.25) is 9.69 Å². The number of ketones is 1. The highest BCUT2D eigenvalue weighted by Crippen LogP contribution is 2.34. The van der Waals surface area contributed by atoms with Crippen LogP contribution in [-0.4, -0.2) is 63.5 Å². The van der Waals surface area contributed by atoms with Gasteiger partial charge in [-0.2, -0.15) is 0 Å². The van der Waals surface area contributed by atoms with Crippen molar-refractivity contribution in [3.8, 4) is 11.3 Å². The quantitative estimate of drug-likeness (QED) is 0.242. The van der Waals surface area contributed by atoms with E-state index >= 15 is 0 Å². The normalized spacial score (nSPS) is 16.6. The smallest absolute Gasteiger partial charge is 0.162 e. The molecule has 5 rings (SSSR count). The van der Waals surface area contributed by atoms with E-state index in [2.05, 4.69) is 55.5 Å². The fourth-order valence-corrected chi connectivity index (χ4v) is 5.81. The standard InChI is InChI=1S/C30H36ClN4O/c1-20(36)25-18-26(22-8-7-9-23(31)17-22)32-28-24-11-10-21(16-27(24)33(5)29(25)28)19-35(6)14-12-34(13-15-35)30(2,3)4/h7-11,16-18H,12-15,19H2,1-6H3/q+1. The number of nitrogens with zero attached hydrogens (tertiary/aromatic N) is 4. The molecular weight excluding hydrogens is 468 g/mol. The van der Waals surface area contributed by atoms with Crippen LogP contribution in [0.15, 0.2) is 48.5 Å². The summed E-state index contributed by atoms with van der Waals surface area (Å²) in [7, 11) is 4.42. The molecule has 0 unspecified atom stereocenters. The minimum Gasteiger partial charge on any atom is -0.342 e. The van der Waals surface area contributed by atoms with Gasteiger partial charge < -0.3 is 9.05 Å². The molecule has 3 heterocycles. The van der Waals surface area contributed by atoms with Crippen LogP contribution in [0, 0.1) is 0 Å². The molecule has 0 radical (unpaired) electrons. The highest BCUT2D eigenvalue weighted by atomic mass is 35.5. The summed E-state index contributed by atoms with van der Waals surface area (Å²) in [5.41, 5.74) is 6.76. The van der Waals surface area contributed by atoms with E-state index in [9.17, 15) is 4.79 Å². The number of hydrogen-bond donors (Lipinski definition) is 0. The second-order valence-corrected chi connectivity index (χ2v) is 12.0. The van der Waals surface area contributed by atoms with E-state index in [1.165, 1.54) is 5.56 Å². The van der Waals surface area contributed by atoms with Gasteiger partial charge in [-0.05, 0) is 52.0 Å². The first-order chi connectivity index (χ1) is 16.9. The van der Waals surface area contributed by atoms with Crippen molar-refractivity contribution >= 4 is 39.3 Å². The van der Waals surface area contributed by atoms with Crippen molar-refractivity contribution in [2.75, 3.05) is 33.2 Å². The number of aromatic nitrogens is 2. The van der Waals surface area contributed by atoms with E-state index in [0.29, 0.717) is 10.6 Å². The van der Waals surface area contributed by atoms with Gasteiger partial charge in [-0.15, -0.1) is 0 Å². The monoisotopic (exact) mass is 503 g/mol. The zero-order valence-electron chi connectivity index (χ0n) is 22.2. The fraction of sp³-hybridized carbons (Fsp3) is 0.400. The summed E-state index contributed by atoms with van der Waals surface area (Å²) in [6, 6.07) is 16.3. The van der Waals surface area contributed by atoms with E-state index in [1.54, 1.807) is 6.92 Å². The van der Waals surface area contributed by atoms with Crippen molar-refractivity contribution in [1.82, 2.24) is 14.5 Å². The Morgan fingerprint density at radius 1 is 1.08 bits per heavy atom. The highest BCUT2D eigenvalue weighted by molar-refractivity contribution is 6.30. The number of rotatable bonds is 4. The molecule has 0 saturated carbocycles. The summed E-state index contributed by atoms with van der Waals surface area (Å²) in [6.45, 7) is 14.1. The fourth-order valence-electron chi connectivity index (χ4n) is 5.62. The number of piperazine rings is 1. The Hall–Kier alpha value is -2.73. The van der Waals surface area contributed by atoms with Crippen molar-refractivity contribution in [3.05, 3.63) is 64.7 Å². The number of halogens is 1. The van der Waals surface area contributed by atoms with E-state index in [0.717, 1.165) is 70.4 Å². The van der Waals surface area contributed by atoms with Gasteiger partial charge in [0.2, 0.25) is 0 Å². The molecule has 0 aliphatic carbocycles. The van der Waals surface area contributed by atoms with E-state index < -0.39 is 0 Å². The Bertz CT molecular complexity index is 1470. The summed E-state index contributed by atoms with van der Waals surface area (Å²) in [6.07, 6.45) is 0. The van der Waals surface area contributed by atoms with Gasteiger partial charge in [0, 0.05) is 52.8 Å². The molecule has 0 atom stereocenters. The molecule has 1 saturated heterocycles. The number of likely N-dealkylation sites (N-methyl/N-ethyl adjacent to an activating group) is 1. The molecule has 0 spiro atoms. The average molecular weight is 504 g/mol. The molecule has 0 N–H and O–H groups in total. The molecule has 188 valence electrons. The molecule has 1 aliphatic heterocycles. The van der Waals surface area contributed by atoms with Crippen LogP contribution in [0.25, 0.3) is 33.2 Å². The number of benzene rings is 2. The Balaban J connectivity index is 1.55. The minimum absolute atomic E-state index is 0.0339. The van der Waals surface area contributed by atoms with E-state index in [-0.39, 0.29) is 11.3 Å². The lowest BCUT2D eigenvalue weighted by molar-refractivity contribution is -0.926. The molecule has 4 aromatic rings. The summed E-state index contributed by atoms with van der Waals surface area (Å²) < 4.78 is 3.18. The molecule has 2 aromatic carbocycles. The third-order valence-electron chi connectivity index (χ3n) is 7.84. The number of fused-ring (bicyclic) bond motifs is 3. The molecule has 2 aromatic heterocycles. The SMILES string of the molecule is CC(=O)c1cc(-c2cccc(Cl)c2)nc2c3ccc(C[N+]4(C)CCN(C(C)(C)C)CC4)cc3n(C)c12. The minimum atomic E-state index is 0.0339. The number of aryl methyl sites for hydroxylation is 1. The Kier molecular flexibility index (Phi) is 6.22. The molecule has 0 amide bonds. The number of pyridine rings is 1. The molecule has 0 bridgehead atoms. The second-order valence-electron chi connectivity index (χ2n) is 11.6. The van der Waals surface area contributed by atoms with Crippen molar-refractivity contribution in [3.63, 3.8) is 0 Å². The first kappa shape index (κ1) is 24.9. The van der Waals surface area contributed by atoms with E-state index in [4.69, 9.17) is 16.6 Å². The van der Waals surface area contributed by atoms with Crippen LogP contribution in [0.4, 0.5) is 0 Å². The van der Waals surface area contributed by atoms with Gasteiger partial charge in [-0.25, -0.2) is 4.98 Å². The molecule has 1 aliphatic rings. The summed E-state index contributed by atoms with van der Waals surface area (Å²) in [5.74, 6) is 0.0339. The van der Waals surface area contributed by atoms with Crippen molar-refractivity contribution in [2.24, 2.45) is 7.05 Å². The van der Waals surface area contributed by atoms with Crippen molar-refractivity contribution in [2.45, 2.75) is 39.8 Å². The van der Waals surface area contributed by atoms with Gasteiger partial charge in [0.25, 0.3) is 0 Å². The van der Waals surface area contributed by atoms with Crippen LogP contribution in [0.5, 0.6) is 0 Å². The van der Waals surface area contributed by atoms with Gasteiger partial charge in [0.05, 0.1) is 42.4 Å². The third-order valence-corrected chi connectivity index (χ3v) is 8.07. The second kappa shape index (κ2) is 8.98. The number of quaternary nitrogens is 1. The van der Waals surface area contributed by atoms with Crippen LogP contribution >= 0.6 is 11.6 Å². The Labute approximate surface area is 218 Å². The molecule has 36 heavy (non-hydrogen) atoms. The van der Waals surface area contributed by atoms with Gasteiger partial charge >= 0.3 is 0 Å². The molecular formula is C30H36ClN4O+. The van der Waals surface area contributed by atoms with Crippen molar-refractivity contribution in [1.29, 1.82) is 0 Å². The zero-order valence-corrected chi connectivity index (χ0v) is 23.0. The summed E-state index contributed by atoms with van der Waals surface area (Å²) >= 11 is 6.25. The van der Waals surface area contributed by atoms with Crippen LogP contribution in [0.1, 0.15) is 43.6 Å². The maximum absolute atomic E-state index is 12.7. The maximum Gasteiger partial charge on any atom is 0.162 e. The van der Waals surface area contributed by atoms with Crippen LogP contribution in [0.2, 0.25) is 5.02 Å². The van der Waals surface area contributed by atoms with Crippen LogP contribution in [-0.2, 0) is 13.6 Å². The predicted molar refractivity (Wildman–Crippen MR) is 150 cm³/mol. The first-order valence-electron chi connectivity index (χ1n) is 12.7. The van der Waals surface area contributed by atoms with Gasteiger partial charge in [0.1, 0.15) is 6.54 Å². The number of hydrogen-bond acceptors (Lipinski definition) is 3. The van der Waals surface area contributed by atoms with Gasteiger partial charge in [-0.1, -0.05) is 35.9 Å². The maximum atomic E-state index is 12.7. The average Bonchev–Trinajstić information content (AvgIpc) is 3.09. The predicted octanol–water partition coefficient (Wildman–Crippen LogP) is 6.31. The molecule has 5 nitrogen and oxygen atoms in total. The van der Waals surface area contributed by atoms with Crippen LogP contribution < -0.4 is 0 Å². The van der Waals surface area contributed by atoms with Gasteiger partial charge in [0.15, 0.2) is 5.78 Å². The Morgan fingerprint density at radius 2 is 1.81 bits per heavy atom.